The number of nitrogens with one attached hydrogen (secondary N) is 3. The number of nitrogens with zero attached hydrogens (tertiary/aromatic N) is 1. The fourth-order valence-electron chi connectivity index (χ4n) is 6.06. The van der Waals surface area contributed by atoms with Crippen LogP contribution in [0.2, 0.25) is 0 Å². The highest BCUT2D eigenvalue weighted by atomic mass is 16.2. The molecule has 0 aliphatic heterocycles. The Balaban J connectivity index is 1.18. The lowest BCUT2D eigenvalue weighted by atomic mass is 9.49. The maximum atomic E-state index is 12.4. The average molecular weight is 400 g/mol. The van der Waals surface area contributed by atoms with Crippen LogP contribution < -0.4 is 21.7 Å². The number of amides is 3. The van der Waals surface area contributed by atoms with Crippen molar-refractivity contribution in [3.8, 4) is 0 Å². The third-order valence-electron chi connectivity index (χ3n) is 6.70. The van der Waals surface area contributed by atoms with Gasteiger partial charge in [-0.15, -0.1) is 0 Å². The number of hydrogen-bond acceptors (Lipinski definition) is 4. The number of pyridine rings is 1. The summed E-state index contributed by atoms with van der Waals surface area (Å²) in [5, 5.41) is 2.68. The Labute approximate surface area is 169 Å². The van der Waals surface area contributed by atoms with Crippen molar-refractivity contribution in [1.82, 2.24) is 20.7 Å². The van der Waals surface area contributed by atoms with E-state index in [1.54, 1.807) is 12.1 Å². The van der Waals surface area contributed by atoms with Gasteiger partial charge in [0.15, 0.2) is 0 Å². The fraction of sp³-hybridized carbons (Fsp3) is 0.619. The molecule has 0 radical (unpaired) electrons. The highest BCUT2D eigenvalue weighted by Gasteiger charge is 2.51. The normalized spacial score (nSPS) is 29.3. The molecule has 4 aliphatic carbocycles. The van der Waals surface area contributed by atoms with Gasteiger partial charge in [-0.1, -0.05) is 6.07 Å². The Bertz CT molecular complexity index is 827. The minimum absolute atomic E-state index is 0.0933. The molecule has 8 heteroatoms. The Kier molecular flexibility index (Phi) is 5.43. The summed E-state index contributed by atoms with van der Waals surface area (Å²) in [5.74, 6) is 1.23. The van der Waals surface area contributed by atoms with Gasteiger partial charge in [0.2, 0.25) is 5.91 Å². The second-order valence-corrected chi connectivity index (χ2v) is 9.13. The van der Waals surface area contributed by atoms with Crippen LogP contribution in [0.25, 0.3) is 0 Å². The molecule has 4 aliphatic rings. The summed E-state index contributed by atoms with van der Waals surface area (Å²) in [6.45, 7) is -0.380. The van der Waals surface area contributed by atoms with E-state index in [4.69, 9.17) is 0 Å². The van der Waals surface area contributed by atoms with Gasteiger partial charge in [-0.25, -0.2) is 0 Å². The first kappa shape index (κ1) is 19.7. The first-order chi connectivity index (χ1) is 13.9. The lowest BCUT2D eigenvalue weighted by molar-refractivity contribution is -0.132. The molecule has 1 aromatic heterocycles. The Morgan fingerprint density at radius 2 is 1.55 bits per heavy atom. The number of hydrazine groups is 1. The Hall–Kier alpha value is -2.64. The molecule has 4 bridgehead atoms. The molecule has 0 saturated heterocycles. The fourth-order valence-corrected chi connectivity index (χ4v) is 6.06. The van der Waals surface area contributed by atoms with Gasteiger partial charge in [-0.2, -0.15) is 0 Å². The standard InChI is InChI=1S/C21H28N4O4/c26-17(11-21-8-14-5-15(9-21)7-16(6-14)10-21)22-12-18(27)23-24-19(28)13-25-4-2-1-3-20(25)29/h1-4,14-16H,5-13H2,(H,22,26)(H,23,27)(H,24,28). The maximum absolute atomic E-state index is 12.4. The summed E-state index contributed by atoms with van der Waals surface area (Å²) >= 11 is 0. The third-order valence-corrected chi connectivity index (χ3v) is 6.70. The van der Waals surface area contributed by atoms with Gasteiger partial charge in [0.25, 0.3) is 17.4 Å². The molecule has 29 heavy (non-hydrogen) atoms. The van der Waals surface area contributed by atoms with Crippen molar-refractivity contribution in [3.63, 3.8) is 0 Å². The van der Waals surface area contributed by atoms with E-state index in [2.05, 4.69) is 16.2 Å². The van der Waals surface area contributed by atoms with E-state index < -0.39 is 11.8 Å². The van der Waals surface area contributed by atoms with Crippen molar-refractivity contribution in [1.29, 1.82) is 0 Å². The molecule has 4 fully saturated rings. The van der Waals surface area contributed by atoms with Crippen LogP contribution in [-0.2, 0) is 20.9 Å². The summed E-state index contributed by atoms with van der Waals surface area (Å²) < 4.78 is 1.23. The quantitative estimate of drug-likeness (QED) is 0.611. The van der Waals surface area contributed by atoms with Crippen LogP contribution in [-0.4, -0.2) is 28.8 Å². The molecule has 8 nitrogen and oxygen atoms in total. The van der Waals surface area contributed by atoms with Crippen LogP contribution in [0, 0.1) is 23.2 Å². The first-order valence-corrected chi connectivity index (χ1v) is 10.4. The van der Waals surface area contributed by atoms with Crippen molar-refractivity contribution < 1.29 is 14.4 Å². The minimum Gasteiger partial charge on any atom is -0.347 e. The molecule has 0 spiro atoms. The van der Waals surface area contributed by atoms with E-state index in [1.165, 1.54) is 36.1 Å². The number of carbonyl (C=O) groups is 3. The Morgan fingerprint density at radius 1 is 0.931 bits per heavy atom. The van der Waals surface area contributed by atoms with Gasteiger partial charge in [0, 0.05) is 18.7 Å². The zero-order valence-corrected chi connectivity index (χ0v) is 16.5. The summed E-state index contributed by atoms with van der Waals surface area (Å²) in [6.07, 6.45) is 9.42. The summed E-state index contributed by atoms with van der Waals surface area (Å²) in [5.41, 5.74) is 4.36. The monoisotopic (exact) mass is 400 g/mol. The van der Waals surface area contributed by atoms with Crippen LogP contribution in [0.15, 0.2) is 29.2 Å². The molecule has 3 amide bonds. The largest absolute Gasteiger partial charge is 0.347 e. The molecular formula is C21H28N4O4. The van der Waals surface area contributed by atoms with Gasteiger partial charge < -0.3 is 9.88 Å². The molecule has 0 atom stereocenters. The Morgan fingerprint density at radius 3 is 2.17 bits per heavy atom. The second kappa shape index (κ2) is 8.00. The van der Waals surface area contributed by atoms with Crippen molar-refractivity contribution >= 4 is 17.7 Å². The predicted molar refractivity (Wildman–Crippen MR) is 105 cm³/mol. The highest BCUT2D eigenvalue weighted by Crippen LogP contribution is 2.61. The zero-order valence-electron chi connectivity index (χ0n) is 16.5. The third kappa shape index (κ3) is 4.68. The van der Waals surface area contributed by atoms with Crippen molar-refractivity contribution in [2.45, 2.75) is 51.5 Å². The van der Waals surface area contributed by atoms with Crippen LogP contribution in [0.3, 0.4) is 0 Å². The SMILES string of the molecule is O=C(CC12CC3CC(CC(C3)C1)C2)NCC(=O)NNC(=O)Cn1ccccc1=O. The number of rotatable bonds is 6. The number of hydrogen-bond donors (Lipinski definition) is 3. The summed E-state index contributed by atoms with van der Waals surface area (Å²) in [7, 11) is 0. The van der Waals surface area contributed by atoms with Crippen LogP contribution >= 0.6 is 0 Å². The second-order valence-electron chi connectivity index (χ2n) is 9.13. The summed E-state index contributed by atoms with van der Waals surface area (Å²) in [6, 6.07) is 4.59. The topological polar surface area (TPSA) is 109 Å². The molecular weight excluding hydrogens is 372 g/mol. The molecule has 5 rings (SSSR count). The van der Waals surface area contributed by atoms with Crippen LogP contribution in [0.5, 0.6) is 0 Å². The van der Waals surface area contributed by atoms with Crippen molar-refractivity contribution in [3.05, 3.63) is 34.7 Å². The van der Waals surface area contributed by atoms with E-state index in [1.807, 2.05) is 0 Å². The highest BCUT2D eigenvalue weighted by molar-refractivity contribution is 5.86. The van der Waals surface area contributed by atoms with E-state index in [0.717, 1.165) is 37.0 Å². The van der Waals surface area contributed by atoms with Gasteiger partial charge in [-0.05, 0) is 67.8 Å². The van der Waals surface area contributed by atoms with Crippen molar-refractivity contribution in [2.24, 2.45) is 23.2 Å². The smallest absolute Gasteiger partial charge is 0.258 e. The molecule has 0 unspecified atom stereocenters. The van der Waals surface area contributed by atoms with E-state index in [-0.39, 0.29) is 30.0 Å². The molecule has 0 aromatic carbocycles. The summed E-state index contributed by atoms with van der Waals surface area (Å²) in [4.78, 5) is 47.8. The van der Waals surface area contributed by atoms with E-state index in [9.17, 15) is 19.2 Å². The van der Waals surface area contributed by atoms with Gasteiger partial charge in [0.05, 0.1) is 6.54 Å². The molecule has 156 valence electrons. The van der Waals surface area contributed by atoms with Crippen LogP contribution in [0.1, 0.15) is 44.9 Å². The maximum Gasteiger partial charge on any atom is 0.258 e. The molecule has 4 saturated carbocycles. The van der Waals surface area contributed by atoms with E-state index in [0.29, 0.717) is 6.42 Å². The average Bonchev–Trinajstić information content (AvgIpc) is 2.65. The molecule has 1 aromatic rings. The lowest BCUT2D eigenvalue weighted by Gasteiger charge is -2.56. The van der Waals surface area contributed by atoms with Gasteiger partial charge in [0.1, 0.15) is 6.54 Å². The zero-order chi connectivity index (χ0) is 20.4. The van der Waals surface area contributed by atoms with Gasteiger partial charge >= 0.3 is 0 Å². The minimum atomic E-state index is -0.522. The van der Waals surface area contributed by atoms with Crippen LogP contribution in [0.4, 0.5) is 0 Å². The number of carbonyl (C=O) groups excluding carboxylic acids is 3. The van der Waals surface area contributed by atoms with Crippen molar-refractivity contribution in [2.75, 3.05) is 6.54 Å². The number of aromatic nitrogens is 1. The van der Waals surface area contributed by atoms with Gasteiger partial charge in [-0.3, -0.25) is 30.0 Å². The molecule has 3 N–H and O–H groups in total. The lowest BCUT2D eigenvalue weighted by Crippen LogP contribution is -2.50. The van der Waals surface area contributed by atoms with E-state index >= 15 is 0 Å². The first-order valence-electron chi connectivity index (χ1n) is 10.4. The predicted octanol–water partition coefficient (Wildman–Crippen LogP) is 0.718. The molecule has 1 heterocycles.